The zero-order valence-corrected chi connectivity index (χ0v) is 20.8. The summed E-state index contributed by atoms with van der Waals surface area (Å²) >= 11 is 0. The maximum Gasteiger partial charge on any atom is 0.311 e. The lowest BCUT2D eigenvalue weighted by Gasteiger charge is -2.16. The number of ether oxygens (including phenoxy) is 1. The van der Waals surface area contributed by atoms with Crippen LogP contribution in [-0.2, 0) is 14.4 Å². The number of amides is 1. The molecule has 1 aromatic rings. The molecule has 1 aliphatic carbocycles. The normalized spacial score (nSPS) is 21.0. The second-order valence-corrected chi connectivity index (χ2v) is 9.15. The van der Waals surface area contributed by atoms with Crippen molar-refractivity contribution in [2.24, 2.45) is 11.8 Å². The molecule has 192 valence electrons. The Kier molecular flexibility index (Phi) is 12.4. The summed E-state index contributed by atoms with van der Waals surface area (Å²) in [4.78, 5) is 35.4. The number of benzene rings is 1. The van der Waals surface area contributed by atoms with Crippen LogP contribution in [0.15, 0.2) is 48.6 Å². The molecule has 1 aromatic carbocycles. The summed E-state index contributed by atoms with van der Waals surface area (Å²) < 4.78 is 5.30. The Balaban J connectivity index is 1.71. The van der Waals surface area contributed by atoms with E-state index in [2.05, 4.69) is 12.2 Å². The standard InChI is InChI=1S/C28H39NO6/c1-3-4-7-10-22(31)15-18-25-24(26(32)19-27(25)33)11-8-5-6-9-12-28(34)35-23-16-13-21(14-17-23)29-20(2)30/h5,8,13-18,22,24-25,27,31,33H,3-4,6-7,9-12,19H2,1-2H3,(H,29,30)/b8-5-,18-15+/t22?,24-,25-,27?/m1/s1. The van der Waals surface area contributed by atoms with Crippen LogP contribution < -0.4 is 10.1 Å². The highest BCUT2D eigenvalue weighted by Crippen LogP contribution is 2.33. The smallest absolute Gasteiger partial charge is 0.311 e. The Morgan fingerprint density at radius 1 is 1.17 bits per heavy atom. The molecular weight excluding hydrogens is 446 g/mol. The molecule has 0 saturated heterocycles. The molecule has 7 heteroatoms. The van der Waals surface area contributed by atoms with Gasteiger partial charge in [0.05, 0.1) is 12.2 Å². The Morgan fingerprint density at radius 2 is 1.91 bits per heavy atom. The predicted molar refractivity (Wildman–Crippen MR) is 136 cm³/mol. The molecule has 4 atom stereocenters. The van der Waals surface area contributed by atoms with E-state index < -0.39 is 12.2 Å². The third kappa shape index (κ3) is 10.6. The Morgan fingerprint density at radius 3 is 2.60 bits per heavy atom. The van der Waals surface area contributed by atoms with Gasteiger partial charge in [-0.05, 0) is 49.9 Å². The van der Waals surface area contributed by atoms with E-state index in [0.717, 1.165) is 19.3 Å². The molecule has 1 amide bonds. The van der Waals surface area contributed by atoms with E-state index in [9.17, 15) is 24.6 Å². The number of rotatable bonds is 14. The zero-order chi connectivity index (χ0) is 25.6. The van der Waals surface area contributed by atoms with Gasteiger partial charge in [0.2, 0.25) is 5.91 Å². The van der Waals surface area contributed by atoms with Crippen LogP contribution in [0, 0.1) is 11.8 Å². The number of carbonyl (C=O) groups is 3. The minimum absolute atomic E-state index is 0.0466. The lowest BCUT2D eigenvalue weighted by Crippen LogP contribution is -2.18. The number of aliphatic hydroxyl groups is 2. The topological polar surface area (TPSA) is 113 Å². The molecule has 0 spiro atoms. The molecule has 0 aliphatic heterocycles. The average Bonchev–Trinajstić information content (AvgIpc) is 3.07. The number of aliphatic hydroxyl groups excluding tert-OH is 2. The first-order chi connectivity index (χ1) is 16.8. The zero-order valence-electron chi connectivity index (χ0n) is 20.8. The maximum atomic E-state index is 12.3. The number of esters is 1. The van der Waals surface area contributed by atoms with Crippen LogP contribution in [-0.4, -0.2) is 40.1 Å². The van der Waals surface area contributed by atoms with Crippen molar-refractivity contribution >= 4 is 23.3 Å². The summed E-state index contributed by atoms with van der Waals surface area (Å²) in [5.41, 5.74) is 0.636. The van der Waals surface area contributed by atoms with Crippen LogP contribution in [0.2, 0.25) is 0 Å². The van der Waals surface area contributed by atoms with Crippen LogP contribution in [0.1, 0.15) is 71.6 Å². The van der Waals surface area contributed by atoms with Gasteiger partial charge in [0.1, 0.15) is 11.5 Å². The SMILES string of the molecule is CCCCCC(O)/C=C/[C@H]1C(O)CC(=O)[C@@H]1C/C=C\CCCC(=O)Oc1ccc(NC(C)=O)cc1. The second-order valence-electron chi connectivity index (χ2n) is 9.15. The fourth-order valence-corrected chi connectivity index (χ4v) is 4.20. The molecular formula is C28H39NO6. The van der Waals surface area contributed by atoms with E-state index in [1.165, 1.54) is 6.92 Å². The number of anilines is 1. The molecule has 1 fully saturated rings. The van der Waals surface area contributed by atoms with Crippen molar-refractivity contribution in [3.63, 3.8) is 0 Å². The average molecular weight is 486 g/mol. The molecule has 1 saturated carbocycles. The third-order valence-electron chi connectivity index (χ3n) is 6.11. The summed E-state index contributed by atoms with van der Waals surface area (Å²) in [5, 5.41) is 23.0. The molecule has 3 N–H and O–H groups in total. The Bertz CT molecular complexity index is 876. The van der Waals surface area contributed by atoms with Crippen molar-refractivity contribution in [1.29, 1.82) is 0 Å². The first-order valence-electron chi connectivity index (χ1n) is 12.6. The lowest BCUT2D eigenvalue weighted by molar-refractivity contribution is -0.134. The predicted octanol–water partition coefficient (Wildman–Crippen LogP) is 4.73. The van der Waals surface area contributed by atoms with E-state index >= 15 is 0 Å². The van der Waals surface area contributed by atoms with Gasteiger partial charge in [0.25, 0.3) is 0 Å². The number of allylic oxidation sites excluding steroid dienone is 2. The van der Waals surface area contributed by atoms with Gasteiger partial charge in [-0.3, -0.25) is 14.4 Å². The number of hydrogen-bond acceptors (Lipinski definition) is 6. The molecule has 2 rings (SSSR count). The Hall–Kier alpha value is -2.77. The van der Waals surface area contributed by atoms with E-state index in [1.807, 2.05) is 18.2 Å². The largest absolute Gasteiger partial charge is 0.427 e. The van der Waals surface area contributed by atoms with Gasteiger partial charge < -0.3 is 20.3 Å². The van der Waals surface area contributed by atoms with Crippen molar-refractivity contribution in [3.8, 4) is 5.75 Å². The van der Waals surface area contributed by atoms with Gasteiger partial charge in [0.15, 0.2) is 0 Å². The summed E-state index contributed by atoms with van der Waals surface area (Å²) in [5.74, 6) is -0.592. The first-order valence-corrected chi connectivity index (χ1v) is 12.6. The van der Waals surface area contributed by atoms with E-state index in [-0.39, 0.29) is 42.3 Å². The third-order valence-corrected chi connectivity index (χ3v) is 6.11. The molecule has 0 aromatic heterocycles. The number of carbonyl (C=O) groups excluding carboxylic acids is 3. The fourth-order valence-electron chi connectivity index (χ4n) is 4.20. The fraction of sp³-hybridized carbons (Fsp3) is 0.536. The van der Waals surface area contributed by atoms with Crippen LogP contribution in [0.5, 0.6) is 5.75 Å². The quantitative estimate of drug-likeness (QED) is 0.152. The van der Waals surface area contributed by atoms with Gasteiger partial charge >= 0.3 is 5.97 Å². The molecule has 0 bridgehead atoms. The first kappa shape index (κ1) is 28.5. The number of hydrogen-bond donors (Lipinski definition) is 3. The minimum Gasteiger partial charge on any atom is -0.427 e. The van der Waals surface area contributed by atoms with Gasteiger partial charge in [-0.25, -0.2) is 0 Å². The highest BCUT2D eigenvalue weighted by atomic mass is 16.5. The van der Waals surface area contributed by atoms with E-state index in [1.54, 1.807) is 30.3 Å². The van der Waals surface area contributed by atoms with Crippen molar-refractivity contribution in [3.05, 3.63) is 48.6 Å². The molecule has 35 heavy (non-hydrogen) atoms. The van der Waals surface area contributed by atoms with Gasteiger partial charge in [-0.2, -0.15) is 0 Å². The molecule has 0 radical (unpaired) electrons. The number of Topliss-reactive ketones (excluding diaryl/α,β-unsaturated/α-hetero) is 1. The molecule has 2 unspecified atom stereocenters. The summed E-state index contributed by atoms with van der Waals surface area (Å²) in [6.07, 6.45) is 12.2. The summed E-state index contributed by atoms with van der Waals surface area (Å²) in [6.45, 7) is 3.54. The second kappa shape index (κ2) is 15.3. The molecule has 0 heterocycles. The van der Waals surface area contributed by atoms with E-state index in [0.29, 0.717) is 37.1 Å². The van der Waals surface area contributed by atoms with Crippen molar-refractivity contribution in [2.45, 2.75) is 83.8 Å². The van der Waals surface area contributed by atoms with E-state index in [4.69, 9.17) is 4.74 Å². The Labute approximate surface area is 208 Å². The van der Waals surface area contributed by atoms with Gasteiger partial charge in [-0.1, -0.05) is 50.5 Å². The van der Waals surface area contributed by atoms with Crippen LogP contribution in [0.25, 0.3) is 0 Å². The maximum absolute atomic E-state index is 12.3. The van der Waals surface area contributed by atoms with Crippen molar-refractivity contribution in [1.82, 2.24) is 0 Å². The van der Waals surface area contributed by atoms with Crippen LogP contribution in [0.3, 0.4) is 0 Å². The van der Waals surface area contributed by atoms with Crippen molar-refractivity contribution < 1.29 is 29.3 Å². The van der Waals surface area contributed by atoms with Gasteiger partial charge in [0, 0.05) is 37.3 Å². The monoisotopic (exact) mass is 485 g/mol. The molecule has 7 nitrogen and oxygen atoms in total. The summed E-state index contributed by atoms with van der Waals surface area (Å²) in [7, 11) is 0. The minimum atomic E-state index is -0.706. The van der Waals surface area contributed by atoms with Gasteiger partial charge in [-0.15, -0.1) is 0 Å². The highest BCUT2D eigenvalue weighted by Gasteiger charge is 2.39. The number of ketones is 1. The number of nitrogens with one attached hydrogen (secondary N) is 1. The molecule has 1 aliphatic rings. The lowest BCUT2D eigenvalue weighted by atomic mass is 9.90. The van der Waals surface area contributed by atoms with Crippen molar-refractivity contribution in [2.75, 3.05) is 5.32 Å². The van der Waals surface area contributed by atoms with Crippen LogP contribution >= 0.6 is 0 Å². The highest BCUT2D eigenvalue weighted by molar-refractivity contribution is 5.88. The van der Waals surface area contributed by atoms with Crippen LogP contribution in [0.4, 0.5) is 5.69 Å². The number of unbranched alkanes of at least 4 members (excludes halogenated alkanes) is 3. The summed E-state index contributed by atoms with van der Waals surface area (Å²) in [6, 6.07) is 6.60.